The van der Waals surface area contributed by atoms with Crippen LogP contribution in [0, 0.1) is 11.8 Å². The van der Waals surface area contributed by atoms with Crippen molar-refractivity contribution in [2.24, 2.45) is 11.8 Å². The molecule has 2 unspecified atom stereocenters. The minimum atomic E-state index is 0.0382. The second-order valence-corrected chi connectivity index (χ2v) is 13.4. The zero-order valence-electron chi connectivity index (χ0n) is 21.7. The summed E-state index contributed by atoms with van der Waals surface area (Å²) in [4.78, 5) is 41.0. The van der Waals surface area contributed by atoms with Crippen LogP contribution in [0.2, 0.25) is 0 Å². The molecule has 0 N–H and O–H groups in total. The molecule has 8 heteroatoms. The Hall–Kier alpha value is -3.10. The molecular formula is C30H30N4O2S2. The molecular weight excluding hydrogens is 512 g/mol. The minimum Gasteiger partial charge on any atom is -0.294 e. The summed E-state index contributed by atoms with van der Waals surface area (Å²) in [6.45, 7) is 5.41. The first-order chi connectivity index (χ1) is 18.5. The Morgan fingerprint density at radius 2 is 1.21 bits per heavy atom. The van der Waals surface area contributed by atoms with Crippen LogP contribution in [0.5, 0.6) is 0 Å². The van der Waals surface area contributed by atoms with Gasteiger partial charge in [-0.05, 0) is 72.6 Å². The molecule has 0 bridgehead atoms. The van der Waals surface area contributed by atoms with Crippen LogP contribution in [0.15, 0.2) is 46.5 Å². The van der Waals surface area contributed by atoms with Gasteiger partial charge in [0.15, 0.2) is 0 Å². The van der Waals surface area contributed by atoms with Crippen molar-refractivity contribution in [1.29, 1.82) is 0 Å². The second-order valence-electron chi connectivity index (χ2n) is 11.2. The van der Waals surface area contributed by atoms with Crippen molar-refractivity contribution < 1.29 is 0 Å². The van der Waals surface area contributed by atoms with Gasteiger partial charge in [0.1, 0.15) is 9.66 Å². The van der Waals surface area contributed by atoms with E-state index in [-0.39, 0.29) is 11.1 Å². The van der Waals surface area contributed by atoms with E-state index in [9.17, 15) is 9.59 Å². The maximum atomic E-state index is 13.6. The van der Waals surface area contributed by atoms with Crippen molar-refractivity contribution in [2.45, 2.75) is 65.5 Å². The molecule has 0 saturated carbocycles. The van der Waals surface area contributed by atoms with Crippen LogP contribution in [0.3, 0.4) is 0 Å². The predicted octanol–water partition coefficient (Wildman–Crippen LogP) is 5.58. The van der Waals surface area contributed by atoms with Crippen LogP contribution in [0.1, 0.15) is 58.7 Å². The van der Waals surface area contributed by atoms with Crippen LogP contribution in [0.25, 0.3) is 20.4 Å². The topological polar surface area (TPSA) is 69.8 Å². The molecule has 4 heterocycles. The van der Waals surface area contributed by atoms with Crippen molar-refractivity contribution in [3.63, 3.8) is 0 Å². The SMILES string of the molecule is CC1CCc2c(sc3ncn(Cc4ccccc4Cn4cnc5sc6c(c5c4=O)CCC(C)C6)c(=O)c23)C1. The van der Waals surface area contributed by atoms with Crippen molar-refractivity contribution in [3.05, 3.63) is 89.6 Å². The van der Waals surface area contributed by atoms with E-state index in [0.717, 1.165) is 70.1 Å². The number of aryl methyl sites for hydroxylation is 2. The number of nitrogens with zero attached hydrogens (tertiary/aromatic N) is 4. The summed E-state index contributed by atoms with van der Waals surface area (Å²) in [5, 5.41) is 1.61. The van der Waals surface area contributed by atoms with Gasteiger partial charge < -0.3 is 0 Å². The van der Waals surface area contributed by atoms with Gasteiger partial charge in [0.2, 0.25) is 0 Å². The Balaban J connectivity index is 1.24. The Morgan fingerprint density at radius 3 is 1.66 bits per heavy atom. The number of rotatable bonds is 4. The summed E-state index contributed by atoms with van der Waals surface area (Å²) in [5.74, 6) is 1.31. The molecule has 2 aliphatic carbocycles. The Kier molecular flexibility index (Phi) is 5.85. The summed E-state index contributed by atoms with van der Waals surface area (Å²) >= 11 is 3.36. The average molecular weight is 543 g/mol. The lowest BCUT2D eigenvalue weighted by molar-refractivity contribution is 0.509. The molecule has 2 aliphatic rings. The third-order valence-electron chi connectivity index (χ3n) is 8.36. The van der Waals surface area contributed by atoms with E-state index in [4.69, 9.17) is 0 Å². The molecule has 7 rings (SSSR count). The smallest absolute Gasteiger partial charge is 0.262 e. The fourth-order valence-electron chi connectivity index (χ4n) is 6.19. The number of hydrogen-bond acceptors (Lipinski definition) is 6. The maximum absolute atomic E-state index is 13.6. The third-order valence-corrected chi connectivity index (χ3v) is 10.7. The molecule has 0 spiro atoms. The fraction of sp³-hybridized carbons (Fsp3) is 0.400. The first-order valence-electron chi connectivity index (χ1n) is 13.5. The zero-order chi connectivity index (χ0) is 26.0. The van der Waals surface area contributed by atoms with Gasteiger partial charge in [-0.1, -0.05) is 38.1 Å². The molecule has 0 fully saturated rings. The van der Waals surface area contributed by atoms with E-state index in [0.29, 0.717) is 24.9 Å². The largest absolute Gasteiger partial charge is 0.294 e. The molecule has 2 atom stereocenters. The van der Waals surface area contributed by atoms with E-state index < -0.39 is 0 Å². The molecule has 5 aromatic rings. The monoisotopic (exact) mass is 542 g/mol. The normalized spacial score (nSPS) is 19.1. The van der Waals surface area contributed by atoms with Crippen LogP contribution in [-0.4, -0.2) is 19.1 Å². The minimum absolute atomic E-state index is 0.0382. The highest BCUT2D eigenvalue weighted by Crippen LogP contribution is 2.36. The van der Waals surface area contributed by atoms with Crippen LogP contribution >= 0.6 is 22.7 Å². The van der Waals surface area contributed by atoms with Crippen LogP contribution < -0.4 is 11.1 Å². The van der Waals surface area contributed by atoms with Crippen molar-refractivity contribution in [1.82, 2.24) is 19.1 Å². The predicted molar refractivity (Wildman–Crippen MR) is 155 cm³/mol. The molecule has 0 radical (unpaired) electrons. The summed E-state index contributed by atoms with van der Waals surface area (Å²) in [7, 11) is 0. The molecule has 1 aromatic carbocycles. The third kappa shape index (κ3) is 3.96. The van der Waals surface area contributed by atoms with E-state index in [1.807, 2.05) is 24.3 Å². The van der Waals surface area contributed by atoms with Gasteiger partial charge in [0, 0.05) is 9.75 Å². The summed E-state index contributed by atoms with van der Waals surface area (Å²) in [6, 6.07) is 8.07. The number of aromatic nitrogens is 4. The van der Waals surface area contributed by atoms with Crippen LogP contribution in [0.4, 0.5) is 0 Å². The highest BCUT2D eigenvalue weighted by molar-refractivity contribution is 7.19. The average Bonchev–Trinajstić information content (AvgIpc) is 3.46. The molecule has 4 aromatic heterocycles. The van der Waals surface area contributed by atoms with Gasteiger partial charge >= 0.3 is 0 Å². The number of benzene rings is 1. The fourth-order valence-corrected chi connectivity index (χ4v) is 8.87. The van der Waals surface area contributed by atoms with Crippen molar-refractivity contribution in [2.75, 3.05) is 0 Å². The Bertz CT molecular complexity index is 1690. The lowest BCUT2D eigenvalue weighted by Gasteiger charge is -2.18. The molecule has 0 amide bonds. The van der Waals surface area contributed by atoms with Gasteiger partial charge in [-0.2, -0.15) is 0 Å². The number of hydrogen-bond donors (Lipinski definition) is 0. The van der Waals surface area contributed by atoms with Crippen molar-refractivity contribution in [3.8, 4) is 0 Å². The molecule has 0 saturated heterocycles. The lowest BCUT2D eigenvalue weighted by Crippen LogP contribution is -2.24. The molecule has 194 valence electrons. The number of thiophene rings is 2. The Labute approximate surface area is 228 Å². The van der Waals surface area contributed by atoms with E-state index in [2.05, 4.69) is 23.8 Å². The molecule has 6 nitrogen and oxygen atoms in total. The van der Waals surface area contributed by atoms with E-state index in [1.54, 1.807) is 44.5 Å². The highest BCUT2D eigenvalue weighted by Gasteiger charge is 2.25. The van der Waals surface area contributed by atoms with Crippen molar-refractivity contribution >= 4 is 43.1 Å². The Morgan fingerprint density at radius 1 is 0.763 bits per heavy atom. The first-order valence-corrected chi connectivity index (χ1v) is 15.2. The first kappa shape index (κ1) is 24.0. The second kappa shape index (κ2) is 9.27. The lowest BCUT2D eigenvalue weighted by atomic mass is 9.89. The summed E-state index contributed by atoms with van der Waals surface area (Å²) < 4.78 is 3.46. The molecule has 38 heavy (non-hydrogen) atoms. The highest BCUT2D eigenvalue weighted by atomic mass is 32.1. The summed E-state index contributed by atoms with van der Waals surface area (Å²) in [5.41, 5.74) is 4.53. The van der Waals surface area contributed by atoms with Gasteiger partial charge in [-0.25, -0.2) is 9.97 Å². The van der Waals surface area contributed by atoms with E-state index >= 15 is 0 Å². The maximum Gasteiger partial charge on any atom is 0.262 e. The van der Waals surface area contributed by atoms with Crippen LogP contribution in [-0.2, 0) is 38.8 Å². The zero-order valence-corrected chi connectivity index (χ0v) is 23.3. The van der Waals surface area contributed by atoms with Gasteiger partial charge in [0.05, 0.1) is 36.5 Å². The molecule has 0 aliphatic heterocycles. The number of fused-ring (bicyclic) bond motifs is 6. The quantitative estimate of drug-likeness (QED) is 0.298. The standard InChI is InChI=1S/C30H30N4O2S2/c1-17-7-9-21-23(11-17)37-27-25(21)29(35)33(15-31-27)13-19-5-3-4-6-20(19)14-34-16-32-28-26(30(34)36)22-10-8-18(2)12-24(22)38-28/h3-6,15-18H,7-14H2,1-2H3. The van der Waals surface area contributed by atoms with E-state index in [1.165, 1.54) is 20.9 Å². The van der Waals surface area contributed by atoms with Gasteiger partial charge in [-0.3, -0.25) is 18.7 Å². The van der Waals surface area contributed by atoms with Gasteiger partial charge in [0.25, 0.3) is 11.1 Å². The summed E-state index contributed by atoms with van der Waals surface area (Å²) in [6.07, 6.45) is 9.60. The van der Waals surface area contributed by atoms with Gasteiger partial charge in [-0.15, -0.1) is 22.7 Å².